The topological polar surface area (TPSA) is 32.3 Å². The van der Waals surface area contributed by atoms with Crippen molar-refractivity contribution in [3.63, 3.8) is 0 Å². The molecule has 0 saturated heterocycles. The Kier molecular flexibility index (Phi) is 3.90. The molecule has 0 radical (unpaired) electrons. The Bertz CT molecular complexity index is 347. The van der Waals surface area contributed by atoms with E-state index in [0.29, 0.717) is 6.54 Å². The van der Waals surface area contributed by atoms with Crippen molar-refractivity contribution in [2.45, 2.75) is 44.2 Å². The second-order valence-corrected chi connectivity index (χ2v) is 6.26. The highest BCUT2D eigenvalue weighted by atomic mass is 35.5. The zero-order valence-corrected chi connectivity index (χ0v) is 11.1. The van der Waals surface area contributed by atoms with Crippen LogP contribution in [-0.4, -0.2) is 17.3 Å². The van der Waals surface area contributed by atoms with Gasteiger partial charge >= 0.3 is 0 Å². The summed E-state index contributed by atoms with van der Waals surface area (Å²) in [5.74, 6) is 0. The van der Waals surface area contributed by atoms with E-state index in [2.05, 4.69) is 17.6 Å². The summed E-state index contributed by atoms with van der Waals surface area (Å²) in [6, 6.07) is 2.25. The average Bonchev–Trinajstić information content (AvgIpc) is 2.85. The van der Waals surface area contributed by atoms with Crippen LogP contribution in [0.4, 0.5) is 0 Å². The van der Waals surface area contributed by atoms with Gasteiger partial charge in [0.05, 0.1) is 9.94 Å². The number of hydrogen-bond donors (Lipinski definition) is 2. The predicted octanol–water partition coefficient (Wildman–Crippen LogP) is 3.36. The van der Waals surface area contributed by atoms with Crippen molar-refractivity contribution in [3.8, 4) is 0 Å². The molecule has 1 atom stereocenters. The quantitative estimate of drug-likeness (QED) is 0.869. The van der Waals surface area contributed by atoms with Crippen LogP contribution in [0.3, 0.4) is 0 Å². The predicted molar refractivity (Wildman–Crippen MR) is 69.2 cm³/mol. The van der Waals surface area contributed by atoms with Gasteiger partial charge in [-0.25, -0.2) is 0 Å². The number of nitrogens with one attached hydrogen (secondary N) is 1. The normalized spacial score (nSPS) is 21.2. The molecule has 1 fully saturated rings. The van der Waals surface area contributed by atoms with Crippen molar-refractivity contribution >= 4 is 22.9 Å². The lowest BCUT2D eigenvalue weighted by Crippen LogP contribution is -2.38. The molecule has 0 spiro atoms. The Morgan fingerprint density at radius 1 is 1.56 bits per heavy atom. The molecule has 1 aromatic heterocycles. The van der Waals surface area contributed by atoms with Gasteiger partial charge in [-0.1, -0.05) is 24.4 Å². The van der Waals surface area contributed by atoms with Crippen LogP contribution in [0.1, 0.15) is 44.2 Å². The van der Waals surface area contributed by atoms with Gasteiger partial charge in [-0.3, -0.25) is 0 Å². The van der Waals surface area contributed by atoms with Crippen LogP contribution in [0.2, 0.25) is 4.34 Å². The first kappa shape index (κ1) is 12.4. The van der Waals surface area contributed by atoms with Crippen molar-refractivity contribution in [1.82, 2.24) is 5.32 Å². The fraction of sp³-hybridized carbons (Fsp3) is 0.667. The van der Waals surface area contributed by atoms with Crippen LogP contribution in [0.25, 0.3) is 0 Å². The molecule has 0 aromatic carbocycles. The van der Waals surface area contributed by atoms with Gasteiger partial charge < -0.3 is 10.4 Å². The van der Waals surface area contributed by atoms with Crippen molar-refractivity contribution in [3.05, 3.63) is 21.3 Å². The minimum atomic E-state index is -0.478. The van der Waals surface area contributed by atoms with Gasteiger partial charge in [-0.2, -0.15) is 0 Å². The molecule has 1 aliphatic rings. The van der Waals surface area contributed by atoms with E-state index in [9.17, 15) is 5.11 Å². The lowest BCUT2D eigenvalue weighted by atomic mass is 10.0. The van der Waals surface area contributed by atoms with Gasteiger partial charge in [-0.05, 0) is 36.8 Å². The van der Waals surface area contributed by atoms with E-state index in [4.69, 9.17) is 11.6 Å². The molecule has 2 nitrogen and oxygen atoms in total. The third-order valence-corrected chi connectivity index (χ3v) is 4.47. The molecule has 0 aliphatic heterocycles. The van der Waals surface area contributed by atoms with Gasteiger partial charge in [0.25, 0.3) is 0 Å². The van der Waals surface area contributed by atoms with Crippen LogP contribution in [0.5, 0.6) is 0 Å². The Hall–Kier alpha value is -0.0900. The lowest BCUT2D eigenvalue weighted by molar-refractivity contribution is 0.0453. The third kappa shape index (κ3) is 2.98. The zero-order chi connectivity index (χ0) is 11.6. The molecule has 90 valence electrons. The van der Waals surface area contributed by atoms with Crippen LogP contribution in [-0.2, 0) is 0 Å². The first-order valence-electron chi connectivity index (χ1n) is 5.79. The van der Waals surface area contributed by atoms with E-state index >= 15 is 0 Å². The monoisotopic (exact) mass is 259 g/mol. The fourth-order valence-electron chi connectivity index (χ4n) is 2.22. The van der Waals surface area contributed by atoms with Gasteiger partial charge in [0.1, 0.15) is 0 Å². The van der Waals surface area contributed by atoms with Gasteiger partial charge in [-0.15, -0.1) is 11.3 Å². The summed E-state index contributed by atoms with van der Waals surface area (Å²) >= 11 is 7.45. The van der Waals surface area contributed by atoms with Crippen molar-refractivity contribution < 1.29 is 5.11 Å². The van der Waals surface area contributed by atoms with Crippen molar-refractivity contribution in [2.75, 3.05) is 6.54 Å². The fourth-order valence-corrected chi connectivity index (χ4v) is 3.21. The van der Waals surface area contributed by atoms with Crippen molar-refractivity contribution in [1.29, 1.82) is 0 Å². The molecule has 1 unspecified atom stereocenters. The van der Waals surface area contributed by atoms with E-state index in [1.165, 1.54) is 5.56 Å². The first-order valence-corrected chi connectivity index (χ1v) is 7.04. The van der Waals surface area contributed by atoms with E-state index in [0.717, 1.165) is 30.0 Å². The standard InChI is InChI=1S/C12H18ClNOS/c1-9(10-6-11(13)16-7-10)14-8-12(15)4-2-3-5-12/h6-7,9,14-15H,2-5,8H2,1H3. The lowest BCUT2D eigenvalue weighted by Gasteiger charge is -2.24. The minimum absolute atomic E-state index is 0.258. The van der Waals surface area contributed by atoms with Gasteiger partial charge in [0.2, 0.25) is 0 Å². The third-order valence-electron chi connectivity index (χ3n) is 3.36. The first-order chi connectivity index (χ1) is 7.59. The van der Waals surface area contributed by atoms with Crippen molar-refractivity contribution in [2.24, 2.45) is 0 Å². The molecule has 1 aromatic rings. The minimum Gasteiger partial charge on any atom is -0.389 e. The van der Waals surface area contributed by atoms with E-state index in [-0.39, 0.29) is 6.04 Å². The smallest absolute Gasteiger partial charge is 0.0931 e. The van der Waals surface area contributed by atoms with E-state index in [1.807, 2.05) is 6.07 Å². The Morgan fingerprint density at radius 3 is 2.81 bits per heavy atom. The zero-order valence-electron chi connectivity index (χ0n) is 9.50. The van der Waals surface area contributed by atoms with Gasteiger partial charge in [0.15, 0.2) is 0 Å². The largest absolute Gasteiger partial charge is 0.389 e. The van der Waals surface area contributed by atoms with Gasteiger partial charge in [0, 0.05) is 12.6 Å². The molecule has 2 N–H and O–H groups in total. The second kappa shape index (κ2) is 5.05. The maximum atomic E-state index is 10.2. The summed E-state index contributed by atoms with van der Waals surface area (Å²) in [6.07, 6.45) is 4.15. The SMILES string of the molecule is CC(NCC1(O)CCCC1)c1csc(Cl)c1. The molecule has 16 heavy (non-hydrogen) atoms. The Balaban J connectivity index is 1.86. The number of hydrogen-bond acceptors (Lipinski definition) is 3. The summed E-state index contributed by atoms with van der Waals surface area (Å²) < 4.78 is 0.822. The van der Waals surface area contributed by atoms with E-state index in [1.54, 1.807) is 11.3 Å². The Labute approximate surface area is 106 Å². The highest BCUT2D eigenvalue weighted by Gasteiger charge is 2.31. The van der Waals surface area contributed by atoms with E-state index < -0.39 is 5.60 Å². The summed E-state index contributed by atoms with van der Waals surface area (Å²) in [7, 11) is 0. The molecule has 1 saturated carbocycles. The summed E-state index contributed by atoms with van der Waals surface area (Å²) in [5, 5.41) is 15.7. The number of rotatable bonds is 4. The molecule has 0 bridgehead atoms. The maximum absolute atomic E-state index is 10.2. The molecular weight excluding hydrogens is 242 g/mol. The molecule has 2 rings (SSSR count). The Morgan fingerprint density at radius 2 is 2.25 bits per heavy atom. The highest BCUT2D eigenvalue weighted by Crippen LogP contribution is 2.30. The summed E-state index contributed by atoms with van der Waals surface area (Å²) in [4.78, 5) is 0. The number of thiophene rings is 1. The molecule has 4 heteroatoms. The van der Waals surface area contributed by atoms with Crippen LogP contribution < -0.4 is 5.32 Å². The molecule has 1 aliphatic carbocycles. The highest BCUT2D eigenvalue weighted by molar-refractivity contribution is 7.14. The van der Waals surface area contributed by atoms with Crippen LogP contribution >= 0.6 is 22.9 Å². The van der Waals surface area contributed by atoms with Crippen LogP contribution in [0.15, 0.2) is 11.4 Å². The summed E-state index contributed by atoms with van der Waals surface area (Å²) in [5.41, 5.74) is 0.727. The number of aliphatic hydroxyl groups is 1. The summed E-state index contributed by atoms with van der Waals surface area (Å²) in [6.45, 7) is 2.79. The molecular formula is C12H18ClNOS. The van der Waals surface area contributed by atoms with Crippen LogP contribution in [0, 0.1) is 0 Å². The molecule has 0 amide bonds. The second-order valence-electron chi connectivity index (χ2n) is 4.72. The average molecular weight is 260 g/mol. The maximum Gasteiger partial charge on any atom is 0.0931 e. The number of halogens is 1. The molecule has 1 heterocycles.